The molecule has 0 saturated carbocycles. The Balaban J connectivity index is 3.45. The first-order valence-electron chi connectivity index (χ1n) is 10.1. The second-order valence-corrected chi connectivity index (χ2v) is 6.61. The standard InChI is InChI=1S/C21H38O4/c1-4-6-7-12-15-19(3)25-21(23)17-14-11-9-8-10-13-16-20(22)24-18-5-2/h12,15,19H,4-11,13-14,16-18H2,1-3H3/b15-12+. The number of rotatable bonds is 16. The first-order valence-corrected chi connectivity index (χ1v) is 10.1. The molecule has 0 saturated heterocycles. The van der Waals surface area contributed by atoms with Gasteiger partial charge in [-0.1, -0.05) is 58.4 Å². The first kappa shape index (κ1) is 23.7. The van der Waals surface area contributed by atoms with Gasteiger partial charge in [0.05, 0.1) is 6.61 Å². The summed E-state index contributed by atoms with van der Waals surface area (Å²) >= 11 is 0. The lowest BCUT2D eigenvalue weighted by atomic mass is 10.1. The fourth-order valence-electron chi connectivity index (χ4n) is 2.45. The highest BCUT2D eigenvalue weighted by molar-refractivity contribution is 5.69. The molecule has 0 aliphatic carbocycles. The summed E-state index contributed by atoms with van der Waals surface area (Å²) in [5.74, 6) is -0.186. The zero-order valence-corrected chi connectivity index (χ0v) is 16.6. The van der Waals surface area contributed by atoms with Gasteiger partial charge in [0, 0.05) is 12.8 Å². The molecule has 0 aliphatic rings. The minimum atomic E-state index is -0.128. The number of hydrogen-bond acceptors (Lipinski definition) is 4. The number of unbranched alkanes of at least 4 members (excludes halogenated alkanes) is 7. The molecule has 0 radical (unpaired) electrons. The van der Waals surface area contributed by atoms with Crippen LogP contribution in [0.15, 0.2) is 12.2 Å². The lowest BCUT2D eigenvalue weighted by Gasteiger charge is -2.09. The first-order chi connectivity index (χ1) is 12.1. The minimum absolute atomic E-state index is 0.0811. The summed E-state index contributed by atoms with van der Waals surface area (Å²) in [5, 5.41) is 0. The molecule has 25 heavy (non-hydrogen) atoms. The van der Waals surface area contributed by atoms with Crippen molar-refractivity contribution in [3.8, 4) is 0 Å². The van der Waals surface area contributed by atoms with Gasteiger partial charge in [0.25, 0.3) is 0 Å². The van der Waals surface area contributed by atoms with Crippen LogP contribution in [0.25, 0.3) is 0 Å². The normalized spacial score (nSPS) is 12.3. The van der Waals surface area contributed by atoms with Crippen LogP contribution in [0.3, 0.4) is 0 Å². The van der Waals surface area contributed by atoms with E-state index in [1.54, 1.807) is 0 Å². The number of allylic oxidation sites excluding steroid dienone is 1. The molecule has 0 heterocycles. The predicted octanol–water partition coefficient (Wildman–Crippen LogP) is 5.74. The van der Waals surface area contributed by atoms with E-state index >= 15 is 0 Å². The van der Waals surface area contributed by atoms with Crippen LogP contribution in [-0.2, 0) is 19.1 Å². The van der Waals surface area contributed by atoms with Gasteiger partial charge < -0.3 is 9.47 Å². The van der Waals surface area contributed by atoms with Crippen LogP contribution in [0.5, 0.6) is 0 Å². The summed E-state index contributed by atoms with van der Waals surface area (Å²) in [6.07, 6.45) is 15.3. The second-order valence-electron chi connectivity index (χ2n) is 6.61. The lowest BCUT2D eigenvalue weighted by molar-refractivity contribution is -0.146. The molecule has 146 valence electrons. The Morgan fingerprint density at radius 3 is 2.04 bits per heavy atom. The van der Waals surface area contributed by atoms with E-state index in [-0.39, 0.29) is 18.0 Å². The van der Waals surface area contributed by atoms with Gasteiger partial charge in [-0.3, -0.25) is 9.59 Å². The molecule has 0 fully saturated rings. The summed E-state index contributed by atoms with van der Waals surface area (Å²) < 4.78 is 10.4. The van der Waals surface area contributed by atoms with Gasteiger partial charge in [-0.25, -0.2) is 0 Å². The maximum Gasteiger partial charge on any atom is 0.306 e. The monoisotopic (exact) mass is 354 g/mol. The summed E-state index contributed by atoms with van der Waals surface area (Å²) in [6.45, 7) is 6.60. The molecule has 0 rings (SSSR count). The van der Waals surface area contributed by atoms with E-state index < -0.39 is 0 Å². The van der Waals surface area contributed by atoms with E-state index in [1.165, 1.54) is 12.8 Å². The van der Waals surface area contributed by atoms with Crippen molar-refractivity contribution in [1.29, 1.82) is 0 Å². The molecule has 4 heteroatoms. The van der Waals surface area contributed by atoms with Crippen molar-refractivity contribution < 1.29 is 19.1 Å². The zero-order valence-electron chi connectivity index (χ0n) is 16.6. The van der Waals surface area contributed by atoms with Crippen LogP contribution in [0.2, 0.25) is 0 Å². The molecule has 1 unspecified atom stereocenters. The minimum Gasteiger partial charge on any atom is -0.466 e. The Bertz CT molecular complexity index is 363. The molecular formula is C21H38O4. The lowest BCUT2D eigenvalue weighted by Crippen LogP contribution is -2.12. The molecule has 0 aromatic carbocycles. The van der Waals surface area contributed by atoms with E-state index in [4.69, 9.17) is 9.47 Å². The molecule has 0 aromatic rings. The molecule has 0 aromatic heterocycles. The Kier molecular flexibility index (Phi) is 16.6. The maximum absolute atomic E-state index is 11.7. The fraction of sp³-hybridized carbons (Fsp3) is 0.810. The summed E-state index contributed by atoms with van der Waals surface area (Å²) in [4.78, 5) is 23.1. The van der Waals surface area contributed by atoms with Crippen LogP contribution < -0.4 is 0 Å². The van der Waals surface area contributed by atoms with Gasteiger partial charge in [0.2, 0.25) is 0 Å². The smallest absolute Gasteiger partial charge is 0.306 e. The predicted molar refractivity (Wildman–Crippen MR) is 102 cm³/mol. The van der Waals surface area contributed by atoms with Crippen molar-refractivity contribution in [2.24, 2.45) is 0 Å². The topological polar surface area (TPSA) is 52.6 Å². The van der Waals surface area contributed by atoms with E-state index in [0.717, 1.165) is 51.4 Å². The second kappa shape index (κ2) is 17.5. The highest BCUT2D eigenvalue weighted by Crippen LogP contribution is 2.10. The van der Waals surface area contributed by atoms with Crippen LogP contribution in [0.4, 0.5) is 0 Å². The summed E-state index contributed by atoms with van der Waals surface area (Å²) in [6, 6.07) is 0. The van der Waals surface area contributed by atoms with E-state index in [0.29, 0.717) is 19.4 Å². The van der Waals surface area contributed by atoms with Crippen LogP contribution in [-0.4, -0.2) is 24.6 Å². The Morgan fingerprint density at radius 1 is 0.840 bits per heavy atom. The number of carbonyl (C=O) groups is 2. The van der Waals surface area contributed by atoms with Crippen molar-refractivity contribution in [2.75, 3.05) is 6.61 Å². The number of esters is 2. The van der Waals surface area contributed by atoms with Gasteiger partial charge in [0.1, 0.15) is 6.10 Å². The number of hydrogen-bond donors (Lipinski definition) is 0. The quantitative estimate of drug-likeness (QED) is 0.201. The Hall–Kier alpha value is -1.32. The SMILES string of the molecule is CCCC/C=C/C(C)OC(=O)CCCCCCCCC(=O)OCCC. The van der Waals surface area contributed by atoms with Crippen molar-refractivity contribution in [1.82, 2.24) is 0 Å². The zero-order chi connectivity index (χ0) is 18.8. The third-order valence-corrected chi connectivity index (χ3v) is 3.93. The molecule has 0 bridgehead atoms. The average molecular weight is 355 g/mol. The number of ether oxygens (including phenoxy) is 2. The Morgan fingerprint density at radius 2 is 1.44 bits per heavy atom. The average Bonchev–Trinajstić information content (AvgIpc) is 2.59. The van der Waals surface area contributed by atoms with Gasteiger partial charge in [-0.15, -0.1) is 0 Å². The van der Waals surface area contributed by atoms with Gasteiger partial charge in [-0.05, 0) is 38.7 Å². The molecular weight excluding hydrogens is 316 g/mol. The third kappa shape index (κ3) is 17.3. The third-order valence-electron chi connectivity index (χ3n) is 3.93. The number of carbonyl (C=O) groups excluding carboxylic acids is 2. The molecule has 0 N–H and O–H groups in total. The fourth-order valence-corrected chi connectivity index (χ4v) is 2.45. The molecule has 4 nitrogen and oxygen atoms in total. The van der Waals surface area contributed by atoms with Crippen LogP contribution >= 0.6 is 0 Å². The summed E-state index contributed by atoms with van der Waals surface area (Å²) in [7, 11) is 0. The highest BCUT2D eigenvalue weighted by atomic mass is 16.5. The van der Waals surface area contributed by atoms with Gasteiger partial charge in [0.15, 0.2) is 0 Å². The van der Waals surface area contributed by atoms with Crippen LogP contribution in [0.1, 0.15) is 97.8 Å². The van der Waals surface area contributed by atoms with Gasteiger partial charge in [-0.2, -0.15) is 0 Å². The van der Waals surface area contributed by atoms with Crippen molar-refractivity contribution in [3.63, 3.8) is 0 Å². The molecule has 0 amide bonds. The molecule has 0 spiro atoms. The van der Waals surface area contributed by atoms with Crippen molar-refractivity contribution in [3.05, 3.63) is 12.2 Å². The van der Waals surface area contributed by atoms with E-state index in [1.807, 2.05) is 19.9 Å². The van der Waals surface area contributed by atoms with E-state index in [9.17, 15) is 9.59 Å². The summed E-state index contributed by atoms with van der Waals surface area (Å²) in [5.41, 5.74) is 0. The Labute approximate surface area is 154 Å². The van der Waals surface area contributed by atoms with Crippen molar-refractivity contribution >= 4 is 11.9 Å². The molecule has 0 aliphatic heterocycles. The largest absolute Gasteiger partial charge is 0.466 e. The van der Waals surface area contributed by atoms with E-state index in [2.05, 4.69) is 13.0 Å². The molecule has 1 atom stereocenters. The van der Waals surface area contributed by atoms with Crippen LogP contribution in [0, 0.1) is 0 Å². The van der Waals surface area contributed by atoms with Crippen molar-refractivity contribution in [2.45, 2.75) is 104 Å². The maximum atomic E-state index is 11.7. The van der Waals surface area contributed by atoms with Gasteiger partial charge >= 0.3 is 11.9 Å². The highest BCUT2D eigenvalue weighted by Gasteiger charge is 2.06.